The fourth-order valence-corrected chi connectivity index (χ4v) is 1.17. The van der Waals surface area contributed by atoms with E-state index in [1.807, 2.05) is 6.08 Å². The Morgan fingerprint density at radius 3 is 2.64 bits per heavy atom. The molecule has 0 aromatic rings. The lowest BCUT2D eigenvalue weighted by atomic mass is 10.1. The van der Waals surface area contributed by atoms with Gasteiger partial charge in [0.05, 0.1) is 0 Å². The average Bonchev–Trinajstić information content (AvgIpc) is 1.99. The first kappa shape index (κ1) is 10.7. The summed E-state index contributed by atoms with van der Waals surface area (Å²) in [7, 11) is 0. The molecule has 0 aromatic heterocycles. The lowest BCUT2D eigenvalue weighted by Crippen LogP contribution is -2.18. The highest BCUT2D eigenvalue weighted by atomic mass is 14.6. The fourth-order valence-electron chi connectivity index (χ4n) is 1.17. The molecular formula is C10H21N. The van der Waals surface area contributed by atoms with Gasteiger partial charge in [-0.1, -0.05) is 38.7 Å². The summed E-state index contributed by atoms with van der Waals surface area (Å²) in [4.78, 5) is 0. The first-order valence-electron chi connectivity index (χ1n) is 4.67. The zero-order valence-electron chi connectivity index (χ0n) is 7.68. The summed E-state index contributed by atoms with van der Waals surface area (Å²) in [5.41, 5.74) is 5.80. The Balaban J connectivity index is 3.03. The summed E-state index contributed by atoms with van der Waals surface area (Å²) in [6.45, 7) is 5.89. The highest BCUT2D eigenvalue weighted by Crippen LogP contribution is 2.06. The van der Waals surface area contributed by atoms with Gasteiger partial charge in [0.15, 0.2) is 0 Å². The highest BCUT2D eigenvalue weighted by Gasteiger charge is 1.97. The van der Waals surface area contributed by atoms with E-state index in [-0.39, 0.29) is 0 Å². The Kier molecular flexibility index (Phi) is 7.59. The van der Waals surface area contributed by atoms with Gasteiger partial charge in [-0.3, -0.25) is 0 Å². The van der Waals surface area contributed by atoms with Crippen LogP contribution in [0.15, 0.2) is 12.7 Å². The third kappa shape index (κ3) is 7.60. The molecule has 0 aliphatic rings. The molecule has 11 heavy (non-hydrogen) atoms. The standard InChI is InChI=1S/C10H21N/c1-3-5-6-7-9-10(11)8-4-2/h4,10H,2-3,5-9,11H2,1H3. The highest BCUT2D eigenvalue weighted by molar-refractivity contribution is 4.74. The zero-order valence-corrected chi connectivity index (χ0v) is 7.68. The lowest BCUT2D eigenvalue weighted by molar-refractivity contribution is 0.552. The largest absolute Gasteiger partial charge is 0.327 e. The van der Waals surface area contributed by atoms with E-state index in [0.29, 0.717) is 6.04 Å². The van der Waals surface area contributed by atoms with Crippen molar-refractivity contribution in [2.45, 2.75) is 51.5 Å². The van der Waals surface area contributed by atoms with Gasteiger partial charge in [0.2, 0.25) is 0 Å². The van der Waals surface area contributed by atoms with E-state index < -0.39 is 0 Å². The van der Waals surface area contributed by atoms with Crippen LogP contribution < -0.4 is 5.73 Å². The summed E-state index contributed by atoms with van der Waals surface area (Å²) >= 11 is 0. The molecule has 1 nitrogen and oxygen atoms in total. The number of unbranched alkanes of at least 4 members (excludes halogenated alkanes) is 3. The van der Waals surface area contributed by atoms with Crippen LogP contribution in [-0.2, 0) is 0 Å². The minimum absolute atomic E-state index is 0.351. The first-order chi connectivity index (χ1) is 5.31. The Morgan fingerprint density at radius 2 is 2.09 bits per heavy atom. The fraction of sp³-hybridized carbons (Fsp3) is 0.800. The summed E-state index contributed by atoms with van der Waals surface area (Å²) in [5, 5.41) is 0. The minimum atomic E-state index is 0.351. The molecule has 2 N–H and O–H groups in total. The normalized spacial score (nSPS) is 12.9. The first-order valence-corrected chi connectivity index (χ1v) is 4.67. The van der Waals surface area contributed by atoms with E-state index in [0.717, 1.165) is 12.8 Å². The minimum Gasteiger partial charge on any atom is -0.327 e. The van der Waals surface area contributed by atoms with Gasteiger partial charge >= 0.3 is 0 Å². The van der Waals surface area contributed by atoms with Crippen LogP contribution >= 0.6 is 0 Å². The van der Waals surface area contributed by atoms with E-state index in [2.05, 4.69) is 13.5 Å². The van der Waals surface area contributed by atoms with E-state index >= 15 is 0 Å². The molecule has 1 unspecified atom stereocenters. The average molecular weight is 155 g/mol. The maximum atomic E-state index is 5.80. The molecule has 0 aliphatic heterocycles. The molecule has 0 saturated carbocycles. The van der Waals surface area contributed by atoms with Crippen molar-refractivity contribution in [1.29, 1.82) is 0 Å². The number of rotatable bonds is 7. The quantitative estimate of drug-likeness (QED) is 0.444. The Bertz CT molecular complexity index is 88.9. The third-order valence-corrected chi connectivity index (χ3v) is 1.90. The maximum Gasteiger partial charge on any atom is 0.00733 e. The topological polar surface area (TPSA) is 26.0 Å². The van der Waals surface area contributed by atoms with Crippen LogP contribution in [0.25, 0.3) is 0 Å². The maximum absolute atomic E-state index is 5.80. The molecule has 0 aliphatic carbocycles. The van der Waals surface area contributed by atoms with Crippen LogP contribution in [-0.4, -0.2) is 6.04 Å². The van der Waals surface area contributed by atoms with Crippen molar-refractivity contribution in [1.82, 2.24) is 0 Å². The van der Waals surface area contributed by atoms with Crippen molar-refractivity contribution < 1.29 is 0 Å². The summed E-state index contributed by atoms with van der Waals surface area (Å²) < 4.78 is 0. The number of nitrogens with two attached hydrogens (primary N) is 1. The predicted molar refractivity (Wildman–Crippen MR) is 51.5 cm³/mol. The van der Waals surface area contributed by atoms with Gasteiger partial charge in [0.1, 0.15) is 0 Å². The SMILES string of the molecule is C=CCC(N)CCCCCC. The second kappa shape index (κ2) is 7.80. The monoisotopic (exact) mass is 155 g/mol. The smallest absolute Gasteiger partial charge is 0.00733 e. The van der Waals surface area contributed by atoms with E-state index in [1.54, 1.807) is 0 Å². The number of hydrogen-bond acceptors (Lipinski definition) is 1. The summed E-state index contributed by atoms with van der Waals surface area (Å²) in [6.07, 6.45) is 9.30. The zero-order chi connectivity index (χ0) is 8.53. The molecule has 0 radical (unpaired) electrons. The van der Waals surface area contributed by atoms with Crippen molar-refractivity contribution in [3.8, 4) is 0 Å². The molecule has 66 valence electrons. The molecule has 0 spiro atoms. The van der Waals surface area contributed by atoms with E-state index in [4.69, 9.17) is 5.73 Å². The molecule has 1 heteroatoms. The van der Waals surface area contributed by atoms with Crippen LogP contribution in [0.2, 0.25) is 0 Å². The van der Waals surface area contributed by atoms with Crippen LogP contribution in [0.1, 0.15) is 45.4 Å². The van der Waals surface area contributed by atoms with Gasteiger partial charge in [-0.05, 0) is 12.8 Å². The van der Waals surface area contributed by atoms with Gasteiger partial charge in [-0.25, -0.2) is 0 Å². The lowest BCUT2D eigenvalue weighted by Gasteiger charge is -2.07. The van der Waals surface area contributed by atoms with Gasteiger partial charge in [0, 0.05) is 6.04 Å². The molecule has 0 bridgehead atoms. The van der Waals surface area contributed by atoms with E-state index in [9.17, 15) is 0 Å². The van der Waals surface area contributed by atoms with Crippen LogP contribution in [0.4, 0.5) is 0 Å². The second-order valence-corrected chi connectivity index (χ2v) is 3.13. The van der Waals surface area contributed by atoms with Gasteiger partial charge in [-0.2, -0.15) is 0 Å². The molecule has 0 amide bonds. The third-order valence-electron chi connectivity index (χ3n) is 1.90. The summed E-state index contributed by atoms with van der Waals surface area (Å²) in [6, 6.07) is 0.351. The van der Waals surface area contributed by atoms with E-state index in [1.165, 1.54) is 25.7 Å². The molecule has 0 rings (SSSR count). The van der Waals surface area contributed by atoms with Crippen molar-refractivity contribution in [3.63, 3.8) is 0 Å². The molecule has 0 aromatic carbocycles. The van der Waals surface area contributed by atoms with Crippen LogP contribution in [0.3, 0.4) is 0 Å². The molecule has 1 atom stereocenters. The van der Waals surface area contributed by atoms with Gasteiger partial charge in [0.25, 0.3) is 0 Å². The molecule has 0 saturated heterocycles. The van der Waals surface area contributed by atoms with Crippen molar-refractivity contribution in [2.24, 2.45) is 5.73 Å². The van der Waals surface area contributed by atoms with Gasteiger partial charge < -0.3 is 5.73 Å². The van der Waals surface area contributed by atoms with Crippen molar-refractivity contribution in [2.75, 3.05) is 0 Å². The predicted octanol–water partition coefficient (Wildman–Crippen LogP) is 2.86. The second-order valence-electron chi connectivity index (χ2n) is 3.13. The number of hydrogen-bond donors (Lipinski definition) is 1. The Hall–Kier alpha value is -0.300. The Morgan fingerprint density at radius 1 is 1.36 bits per heavy atom. The van der Waals surface area contributed by atoms with Crippen LogP contribution in [0, 0.1) is 0 Å². The molecule has 0 heterocycles. The van der Waals surface area contributed by atoms with Crippen molar-refractivity contribution >= 4 is 0 Å². The molecule has 0 fully saturated rings. The van der Waals surface area contributed by atoms with Crippen LogP contribution in [0.5, 0.6) is 0 Å². The molecular weight excluding hydrogens is 134 g/mol. The van der Waals surface area contributed by atoms with Crippen molar-refractivity contribution in [3.05, 3.63) is 12.7 Å². The Labute approximate surface area is 70.7 Å². The summed E-state index contributed by atoms with van der Waals surface area (Å²) in [5.74, 6) is 0. The van der Waals surface area contributed by atoms with Gasteiger partial charge in [-0.15, -0.1) is 6.58 Å².